The second-order valence-electron chi connectivity index (χ2n) is 5.44. The van der Waals surface area contributed by atoms with Crippen LogP contribution in [0.2, 0.25) is 0 Å². The van der Waals surface area contributed by atoms with Crippen molar-refractivity contribution in [2.75, 3.05) is 6.61 Å². The van der Waals surface area contributed by atoms with Gasteiger partial charge in [-0.2, -0.15) is 0 Å². The summed E-state index contributed by atoms with van der Waals surface area (Å²) in [4.78, 5) is 5.51. The molecular formula is C16H22N2OS. The van der Waals surface area contributed by atoms with Gasteiger partial charge in [0.2, 0.25) is 0 Å². The minimum absolute atomic E-state index is 0.313. The van der Waals surface area contributed by atoms with E-state index in [9.17, 15) is 0 Å². The highest BCUT2D eigenvalue weighted by Crippen LogP contribution is 2.24. The zero-order valence-corrected chi connectivity index (χ0v) is 13.2. The standard InChI is InChI=1S/C16H22N2OS/c1-4-12-5-7-13(8-6-12)19-10-9-15-18-11-14(20-15)16(2,3)17/h5-8,11H,4,9-10,17H2,1-3H3. The molecule has 0 amide bonds. The Morgan fingerprint density at radius 1 is 1.25 bits per heavy atom. The number of nitrogens with two attached hydrogens (primary N) is 1. The minimum atomic E-state index is -0.313. The van der Waals surface area contributed by atoms with Gasteiger partial charge in [0.05, 0.1) is 11.6 Å². The first-order valence-electron chi connectivity index (χ1n) is 6.95. The Hall–Kier alpha value is -1.39. The molecule has 0 spiro atoms. The van der Waals surface area contributed by atoms with E-state index < -0.39 is 0 Å². The van der Waals surface area contributed by atoms with E-state index in [0.717, 1.165) is 28.5 Å². The van der Waals surface area contributed by atoms with Crippen molar-refractivity contribution in [2.24, 2.45) is 5.73 Å². The van der Waals surface area contributed by atoms with Crippen LogP contribution in [0.5, 0.6) is 5.75 Å². The topological polar surface area (TPSA) is 48.1 Å². The predicted octanol–water partition coefficient (Wildman–Crippen LogP) is 3.52. The number of aromatic nitrogens is 1. The zero-order valence-electron chi connectivity index (χ0n) is 12.3. The second kappa shape index (κ2) is 6.37. The quantitative estimate of drug-likeness (QED) is 0.885. The molecule has 0 aliphatic carbocycles. The number of ether oxygens (including phenoxy) is 1. The third-order valence-corrected chi connectivity index (χ3v) is 4.50. The molecule has 108 valence electrons. The van der Waals surface area contributed by atoms with Crippen molar-refractivity contribution in [3.8, 4) is 5.75 Å². The lowest BCUT2D eigenvalue weighted by Crippen LogP contribution is -2.27. The van der Waals surface area contributed by atoms with Crippen LogP contribution in [0.15, 0.2) is 30.5 Å². The summed E-state index contributed by atoms with van der Waals surface area (Å²) in [5, 5.41) is 1.07. The fourth-order valence-electron chi connectivity index (χ4n) is 1.80. The molecule has 20 heavy (non-hydrogen) atoms. The normalized spacial score (nSPS) is 11.6. The molecule has 2 aromatic rings. The van der Waals surface area contributed by atoms with Gasteiger partial charge in [-0.05, 0) is 38.0 Å². The largest absolute Gasteiger partial charge is 0.493 e. The highest BCUT2D eigenvalue weighted by atomic mass is 32.1. The summed E-state index contributed by atoms with van der Waals surface area (Å²) in [7, 11) is 0. The van der Waals surface area contributed by atoms with E-state index in [-0.39, 0.29) is 5.54 Å². The van der Waals surface area contributed by atoms with Crippen LogP contribution in [0.3, 0.4) is 0 Å². The lowest BCUT2D eigenvalue weighted by atomic mass is 10.1. The van der Waals surface area contributed by atoms with E-state index in [4.69, 9.17) is 10.5 Å². The first kappa shape index (κ1) is 15.0. The Balaban J connectivity index is 1.84. The first-order valence-corrected chi connectivity index (χ1v) is 7.76. The number of benzene rings is 1. The van der Waals surface area contributed by atoms with Crippen molar-refractivity contribution < 1.29 is 4.74 Å². The van der Waals surface area contributed by atoms with Crippen LogP contribution in [-0.2, 0) is 18.4 Å². The fraction of sp³-hybridized carbons (Fsp3) is 0.438. The average molecular weight is 290 g/mol. The molecule has 4 heteroatoms. The van der Waals surface area contributed by atoms with E-state index in [1.165, 1.54) is 5.56 Å². The molecule has 0 bridgehead atoms. The molecule has 1 heterocycles. The van der Waals surface area contributed by atoms with E-state index >= 15 is 0 Å². The van der Waals surface area contributed by atoms with Gasteiger partial charge in [-0.25, -0.2) is 4.98 Å². The number of hydrogen-bond donors (Lipinski definition) is 1. The molecule has 0 saturated carbocycles. The summed E-state index contributed by atoms with van der Waals surface area (Å²) in [5.74, 6) is 0.915. The minimum Gasteiger partial charge on any atom is -0.493 e. The Morgan fingerprint density at radius 3 is 2.50 bits per heavy atom. The van der Waals surface area contributed by atoms with Crippen molar-refractivity contribution >= 4 is 11.3 Å². The van der Waals surface area contributed by atoms with Gasteiger partial charge in [0.1, 0.15) is 5.75 Å². The fourth-order valence-corrected chi connectivity index (χ4v) is 2.71. The van der Waals surface area contributed by atoms with Gasteiger partial charge in [0.25, 0.3) is 0 Å². The monoisotopic (exact) mass is 290 g/mol. The molecule has 0 atom stereocenters. The molecule has 0 aliphatic rings. The van der Waals surface area contributed by atoms with E-state index in [0.29, 0.717) is 6.61 Å². The van der Waals surface area contributed by atoms with Gasteiger partial charge in [0, 0.05) is 23.0 Å². The SMILES string of the molecule is CCc1ccc(OCCc2ncc(C(C)(C)N)s2)cc1. The second-order valence-corrected chi connectivity index (χ2v) is 6.55. The van der Waals surface area contributed by atoms with Crippen LogP contribution >= 0.6 is 11.3 Å². The van der Waals surface area contributed by atoms with Gasteiger partial charge in [0.15, 0.2) is 0 Å². The molecule has 0 radical (unpaired) electrons. The maximum atomic E-state index is 6.06. The molecule has 1 aromatic heterocycles. The van der Waals surface area contributed by atoms with Crippen LogP contribution in [0.25, 0.3) is 0 Å². The molecule has 3 nitrogen and oxygen atoms in total. The summed E-state index contributed by atoms with van der Waals surface area (Å²) < 4.78 is 5.74. The maximum Gasteiger partial charge on any atom is 0.119 e. The number of hydrogen-bond acceptors (Lipinski definition) is 4. The van der Waals surface area contributed by atoms with Crippen LogP contribution < -0.4 is 10.5 Å². The molecule has 0 saturated heterocycles. The van der Waals surface area contributed by atoms with Crippen LogP contribution in [0.1, 0.15) is 36.2 Å². The van der Waals surface area contributed by atoms with E-state index in [1.54, 1.807) is 11.3 Å². The molecular weight excluding hydrogens is 268 g/mol. The van der Waals surface area contributed by atoms with Crippen molar-refractivity contribution in [3.05, 3.63) is 45.9 Å². The van der Waals surface area contributed by atoms with Crippen molar-refractivity contribution in [1.82, 2.24) is 4.98 Å². The summed E-state index contributed by atoms with van der Waals surface area (Å²) in [6.45, 7) is 6.78. The lowest BCUT2D eigenvalue weighted by molar-refractivity contribution is 0.321. The van der Waals surface area contributed by atoms with Crippen LogP contribution in [-0.4, -0.2) is 11.6 Å². The smallest absolute Gasteiger partial charge is 0.119 e. The molecule has 2 N–H and O–H groups in total. The van der Waals surface area contributed by atoms with E-state index in [2.05, 4.69) is 24.0 Å². The highest BCUT2D eigenvalue weighted by molar-refractivity contribution is 7.11. The number of aryl methyl sites for hydroxylation is 1. The number of rotatable bonds is 6. The molecule has 1 aromatic carbocycles. The molecule has 2 rings (SSSR count). The van der Waals surface area contributed by atoms with Gasteiger partial charge in [-0.1, -0.05) is 19.1 Å². The van der Waals surface area contributed by atoms with Gasteiger partial charge < -0.3 is 10.5 Å². The number of thiazole rings is 1. The first-order chi connectivity index (χ1) is 9.49. The van der Waals surface area contributed by atoms with Crippen LogP contribution in [0, 0.1) is 0 Å². The zero-order chi connectivity index (χ0) is 14.6. The van der Waals surface area contributed by atoms with Crippen molar-refractivity contribution in [3.63, 3.8) is 0 Å². The Bertz CT molecular complexity index is 540. The number of nitrogens with zero attached hydrogens (tertiary/aromatic N) is 1. The third kappa shape index (κ3) is 4.05. The van der Waals surface area contributed by atoms with Gasteiger partial charge in [-0.15, -0.1) is 11.3 Å². The summed E-state index contributed by atoms with van der Waals surface area (Å²) >= 11 is 1.66. The summed E-state index contributed by atoms with van der Waals surface area (Å²) in [6, 6.07) is 8.26. The highest BCUT2D eigenvalue weighted by Gasteiger charge is 2.17. The molecule has 0 aliphatic heterocycles. The van der Waals surface area contributed by atoms with Crippen molar-refractivity contribution in [2.45, 2.75) is 39.2 Å². The predicted molar refractivity (Wildman–Crippen MR) is 84.3 cm³/mol. The third-order valence-electron chi connectivity index (χ3n) is 3.10. The lowest BCUT2D eigenvalue weighted by Gasteiger charge is -2.14. The average Bonchev–Trinajstić information content (AvgIpc) is 2.88. The Kier molecular flexibility index (Phi) is 4.78. The molecule has 0 fully saturated rings. The Morgan fingerprint density at radius 2 is 1.95 bits per heavy atom. The summed E-state index contributed by atoms with van der Waals surface area (Å²) in [6.07, 6.45) is 3.74. The summed E-state index contributed by atoms with van der Waals surface area (Å²) in [5.41, 5.74) is 7.07. The van der Waals surface area contributed by atoms with Gasteiger partial charge >= 0.3 is 0 Å². The van der Waals surface area contributed by atoms with Crippen molar-refractivity contribution in [1.29, 1.82) is 0 Å². The van der Waals surface area contributed by atoms with Gasteiger partial charge in [-0.3, -0.25) is 0 Å². The Labute approximate surface area is 124 Å². The molecule has 0 unspecified atom stereocenters. The van der Waals surface area contributed by atoms with E-state index in [1.807, 2.05) is 32.2 Å². The van der Waals surface area contributed by atoms with Crippen LogP contribution in [0.4, 0.5) is 0 Å². The maximum absolute atomic E-state index is 6.06.